The summed E-state index contributed by atoms with van der Waals surface area (Å²) in [5.41, 5.74) is 8.78. The van der Waals surface area contributed by atoms with Crippen molar-refractivity contribution in [2.24, 2.45) is 0 Å². The van der Waals surface area contributed by atoms with Gasteiger partial charge in [0.15, 0.2) is 0 Å². The average Bonchev–Trinajstić information content (AvgIpc) is 3.44. The fourth-order valence-corrected chi connectivity index (χ4v) is 4.56. The van der Waals surface area contributed by atoms with Gasteiger partial charge in [-0.3, -0.25) is 9.69 Å². The number of hydrogen-bond donors (Lipinski definition) is 2. The number of fused-ring (bicyclic) bond motifs is 1. The number of likely N-dealkylation sites (N-methyl/N-ethyl adjacent to an activating group) is 1. The molecule has 0 spiro atoms. The van der Waals surface area contributed by atoms with Crippen LogP contribution in [0.3, 0.4) is 0 Å². The van der Waals surface area contributed by atoms with Crippen molar-refractivity contribution >= 4 is 22.6 Å². The van der Waals surface area contributed by atoms with Gasteiger partial charge in [0.2, 0.25) is 5.60 Å². The van der Waals surface area contributed by atoms with Gasteiger partial charge in [-0.1, -0.05) is 30.0 Å². The number of anilines is 1. The minimum Gasteiger partial charge on any atom is -0.382 e. The molecule has 2 saturated heterocycles. The first-order valence-corrected chi connectivity index (χ1v) is 11.3. The molecule has 1 amide bonds. The molecule has 33 heavy (non-hydrogen) atoms. The summed E-state index contributed by atoms with van der Waals surface area (Å²) >= 11 is 0. The van der Waals surface area contributed by atoms with E-state index >= 15 is 0 Å². The van der Waals surface area contributed by atoms with Gasteiger partial charge < -0.3 is 15.7 Å². The fraction of sp³-hybridized carbons (Fsp3) is 0.346. The van der Waals surface area contributed by atoms with Crippen LogP contribution in [0.5, 0.6) is 0 Å². The van der Waals surface area contributed by atoms with E-state index in [1.54, 1.807) is 7.05 Å². The molecule has 2 aromatic heterocycles. The summed E-state index contributed by atoms with van der Waals surface area (Å²) in [5.74, 6) is 5.81. The van der Waals surface area contributed by atoms with Crippen LogP contribution in [0, 0.1) is 11.8 Å². The van der Waals surface area contributed by atoms with E-state index in [9.17, 15) is 9.90 Å². The number of benzene rings is 1. The van der Waals surface area contributed by atoms with E-state index < -0.39 is 5.60 Å². The SMILES string of the molecule is CN1CCC(O)(C#Cc2cccc(-c3ccc4c(CN5CCCC5)cnc(N)c4n3)c2)C1=O. The van der Waals surface area contributed by atoms with E-state index in [-0.39, 0.29) is 5.91 Å². The van der Waals surface area contributed by atoms with Crippen LogP contribution in [0.2, 0.25) is 0 Å². The summed E-state index contributed by atoms with van der Waals surface area (Å²) in [4.78, 5) is 25.3. The van der Waals surface area contributed by atoms with Crippen molar-refractivity contribution in [3.8, 4) is 23.1 Å². The Morgan fingerprint density at radius 2 is 2.00 bits per heavy atom. The Balaban J connectivity index is 1.46. The van der Waals surface area contributed by atoms with Crippen LogP contribution >= 0.6 is 0 Å². The predicted molar refractivity (Wildman–Crippen MR) is 128 cm³/mol. The maximum Gasteiger partial charge on any atom is 0.267 e. The van der Waals surface area contributed by atoms with Gasteiger partial charge in [-0.2, -0.15) is 0 Å². The number of aliphatic hydroxyl groups is 1. The molecule has 168 valence electrons. The summed E-state index contributed by atoms with van der Waals surface area (Å²) in [7, 11) is 1.67. The number of likely N-dealkylation sites (tertiary alicyclic amines) is 2. The molecule has 0 bridgehead atoms. The highest BCUT2D eigenvalue weighted by molar-refractivity contribution is 5.92. The Hall–Kier alpha value is -3.47. The zero-order chi connectivity index (χ0) is 23.0. The van der Waals surface area contributed by atoms with Crippen molar-refractivity contribution in [2.75, 3.05) is 32.4 Å². The summed E-state index contributed by atoms with van der Waals surface area (Å²) in [6.45, 7) is 3.58. The first kappa shape index (κ1) is 21.4. The van der Waals surface area contributed by atoms with E-state index in [0.29, 0.717) is 29.9 Å². The molecule has 2 aliphatic heterocycles. The number of carbonyl (C=O) groups is 1. The van der Waals surface area contributed by atoms with Gasteiger partial charge in [-0.15, -0.1) is 0 Å². The lowest BCUT2D eigenvalue weighted by Gasteiger charge is -2.16. The minimum atomic E-state index is -1.61. The van der Waals surface area contributed by atoms with Crippen molar-refractivity contribution in [2.45, 2.75) is 31.4 Å². The maximum atomic E-state index is 12.2. The Morgan fingerprint density at radius 3 is 2.76 bits per heavy atom. The second-order valence-electron chi connectivity index (χ2n) is 8.91. The molecule has 7 heteroatoms. The molecule has 5 rings (SSSR count). The molecule has 2 fully saturated rings. The average molecular weight is 442 g/mol. The topological polar surface area (TPSA) is 95.6 Å². The van der Waals surface area contributed by atoms with E-state index in [1.807, 2.05) is 36.5 Å². The molecular formula is C26H27N5O2. The van der Waals surface area contributed by atoms with Crippen LogP contribution in [0.25, 0.3) is 22.2 Å². The van der Waals surface area contributed by atoms with Crippen molar-refractivity contribution in [1.82, 2.24) is 19.8 Å². The molecule has 1 unspecified atom stereocenters. The smallest absolute Gasteiger partial charge is 0.267 e. The van der Waals surface area contributed by atoms with E-state index in [4.69, 9.17) is 10.7 Å². The predicted octanol–water partition coefficient (Wildman–Crippen LogP) is 2.42. The molecule has 0 radical (unpaired) electrons. The molecule has 7 nitrogen and oxygen atoms in total. The summed E-state index contributed by atoms with van der Waals surface area (Å²) < 4.78 is 0. The third-order valence-electron chi connectivity index (χ3n) is 6.52. The molecule has 2 aliphatic rings. The van der Waals surface area contributed by atoms with E-state index in [0.717, 1.165) is 41.8 Å². The van der Waals surface area contributed by atoms with Gasteiger partial charge in [-0.25, -0.2) is 9.97 Å². The zero-order valence-electron chi connectivity index (χ0n) is 18.7. The number of pyridine rings is 2. The number of amides is 1. The molecule has 1 aromatic carbocycles. The molecule has 3 aromatic rings. The number of nitrogen functional groups attached to an aromatic ring is 1. The van der Waals surface area contributed by atoms with E-state index in [1.165, 1.54) is 17.7 Å². The highest BCUT2D eigenvalue weighted by Gasteiger charge is 2.42. The molecule has 1 atom stereocenters. The van der Waals surface area contributed by atoms with E-state index in [2.05, 4.69) is 27.8 Å². The number of aromatic nitrogens is 2. The first-order valence-electron chi connectivity index (χ1n) is 11.3. The van der Waals surface area contributed by atoms with Crippen molar-refractivity contribution in [3.05, 3.63) is 53.7 Å². The Bertz CT molecular complexity index is 1290. The summed E-state index contributed by atoms with van der Waals surface area (Å²) in [6, 6.07) is 11.7. The standard InChI is InChI=1S/C26H27N5O2/c1-30-14-11-26(33,25(30)32)10-9-18-5-4-6-19(15-18)22-8-7-21-20(17-31-12-2-3-13-31)16-28-24(27)23(21)29-22/h4-8,15-16,33H,2-3,11-14,17H2,1H3,(H2,27,28). The molecule has 4 heterocycles. The van der Waals surface area contributed by atoms with Crippen LogP contribution in [-0.4, -0.2) is 63.1 Å². The van der Waals surface area contributed by atoms with Crippen LogP contribution in [0.1, 0.15) is 30.4 Å². The largest absolute Gasteiger partial charge is 0.382 e. The van der Waals surface area contributed by atoms with Crippen LogP contribution < -0.4 is 5.73 Å². The zero-order valence-corrected chi connectivity index (χ0v) is 18.7. The van der Waals surface area contributed by atoms with Gasteiger partial charge in [0.1, 0.15) is 11.3 Å². The summed E-state index contributed by atoms with van der Waals surface area (Å²) in [6.07, 6.45) is 4.65. The molecular weight excluding hydrogens is 414 g/mol. The quantitative estimate of drug-likeness (QED) is 0.606. The number of nitrogens with two attached hydrogens (primary N) is 1. The number of nitrogens with zero attached hydrogens (tertiary/aromatic N) is 4. The molecule has 0 aliphatic carbocycles. The van der Waals surface area contributed by atoms with Gasteiger partial charge in [-0.05, 0) is 49.7 Å². The second-order valence-corrected chi connectivity index (χ2v) is 8.91. The van der Waals surface area contributed by atoms with Crippen molar-refractivity contribution in [3.63, 3.8) is 0 Å². The lowest BCUT2D eigenvalue weighted by Crippen LogP contribution is -2.37. The number of rotatable bonds is 3. The minimum absolute atomic E-state index is 0.313. The molecule has 3 N–H and O–H groups in total. The van der Waals surface area contributed by atoms with Gasteiger partial charge in [0.05, 0.1) is 5.69 Å². The lowest BCUT2D eigenvalue weighted by atomic mass is 10.0. The number of carbonyl (C=O) groups excluding carboxylic acids is 1. The van der Waals surface area contributed by atoms with Crippen molar-refractivity contribution in [1.29, 1.82) is 0 Å². The Kier molecular flexibility index (Phi) is 5.49. The van der Waals surface area contributed by atoms with Gasteiger partial charge in [0, 0.05) is 49.3 Å². The van der Waals surface area contributed by atoms with Crippen molar-refractivity contribution < 1.29 is 9.90 Å². The molecule has 0 saturated carbocycles. The third-order valence-corrected chi connectivity index (χ3v) is 6.52. The Labute approximate surface area is 193 Å². The highest BCUT2D eigenvalue weighted by atomic mass is 16.3. The summed E-state index contributed by atoms with van der Waals surface area (Å²) in [5, 5.41) is 11.6. The third kappa shape index (κ3) is 4.15. The van der Waals surface area contributed by atoms with Gasteiger partial charge in [0.25, 0.3) is 5.91 Å². The first-order chi connectivity index (χ1) is 15.9. The maximum absolute atomic E-state index is 12.2. The van der Waals surface area contributed by atoms with Crippen LogP contribution in [-0.2, 0) is 11.3 Å². The highest BCUT2D eigenvalue weighted by Crippen LogP contribution is 2.28. The lowest BCUT2D eigenvalue weighted by molar-refractivity contribution is -0.137. The second kappa shape index (κ2) is 8.47. The van der Waals surface area contributed by atoms with Crippen LogP contribution in [0.15, 0.2) is 42.6 Å². The Morgan fingerprint density at radius 1 is 1.18 bits per heavy atom. The number of hydrogen-bond acceptors (Lipinski definition) is 6. The van der Waals surface area contributed by atoms with Crippen LogP contribution in [0.4, 0.5) is 5.82 Å². The normalized spacial score (nSPS) is 20.9. The van der Waals surface area contributed by atoms with Gasteiger partial charge >= 0.3 is 0 Å². The fourth-order valence-electron chi connectivity index (χ4n) is 4.56. The monoisotopic (exact) mass is 441 g/mol.